The third-order valence-electron chi connectivity index (χ3n) is 5.57. The SMILES string of the molecule is Cc1c(C(=O)N2CCOCC2C)sc2cc(-c3cnc4nn(C)cc4c3)ccc12. The van der Waals surface area contributed by atoms with E-state index in [1.165, 1.54) is 0 Å². The van der Waals surface area contributed by atoms with E-state index in [1.807, 2.05) is 38.2 Å². The molecular formula is C22H22N4O2S. The highest BCUT2D eigenvalue weighted by Crippen LogP contribution is 2.35. The van der Waals surface area contributed by atoms with Crippen LogP contribution in [0.2, 0.25) is 0 Å². The molecule has 1 unspecified atom stereocenters. The summed E-state index contributed by atoms with van der Waals surface area (Å²) < 4.78 is 8.38. The van der Waals surface area contributed by atoms with Gasteiger partial charge in [-0.1, -0.05) is 12.1 Å². The number of thiophene rings is 1. The number of aryl methyl sites for hydroxylation is 2. The zero-order chi connectivity index (χ0) is 20.1. The van der Waals surface area contributed by atoms with Gasteiger partial charge in [-0.2, -0.15) is 5.10 Å². The van der Waals surface area contributed by atoms with Gasteiger partial charge in [0.25, 0.3) is 5.91 Å². The van der Waals surface area contributed by atoms with Crippen LogP contribution in [0.25, 0.3) is 32.2 Å². The molecule has 6 nitrogen and oxygen atoms in total. The van der Waals surface area contributed by atoms with Crippen molar-refractivity contribution in [3.05, 3.63) is 47.1 Å². The third kappa shape index (κ3) is 3.10. The number of ether oxygens (including phenoxy) is 1. The largest absolute Gasteiger partial charge is 0.377 e. The van der Waals surface area contributed by atoms with Gasteiger partial charge in [0.2, 0.25) is 0 Å². The van der Waals surface area contributed by atoms with Crippen LogP contribution in [0.15, 0.2) is 36.7 Å². The van der Waals surface area contributed by atoms with Gasteiger partial charge in [0.15, 0.2) is 5.65 Å². The molecule has 0 bridgehead atoms. The number of hydrogen-bond donors (Lipinski definition) is 0. The molecule has 7 heteroatoms. The Balaban J connectivity index is 1.54. The predicted octanol–water partition coefficient (Wildman–Crippen LogP) is 4.02. The van der Waals surface area contributed by atoms with Crippen molar-refractivity contribution in [1.29, 1.82) is 0 Å². The Morgan fingerprint density at radius 1 is 1.28 bits per heavy atom. The molecule has 0 radical (unpaired) electrons. The molecule has 0 N–H and O–H groups in total. The molecule has 1 saturated heterocycles. The Morgan fingerprint density at radius 3 is 2.97 bits per heavy atom. The van der Waals surface area contributed by atoms with Gasteiger partial charge in [-0.15, -0.1) is 11.3 Å². The van der Waals surface area contributed by atoms with Crippen LogP contribution in [0.5, 0.6) is 0 Å². The molecule has 1 atom stereocenters. The van der Waals surface area contributed by atoms with E-state index in [0.29, 0.717) is 19.8 Å². The van der Waals surface area contributed by atoms with Crippen LogP contribution < -0.4 is 0 Å². The van der Waals surface area contributed by atoms with Gasteiger partial charge < -0.3 is 9.64 Å². The molecule has 0 saturated carbocycles. The average molecular weight is 407 g/mol. The van der Waals surface area contributed by atoms with Crippen LogP contribution in [0.1, 0.15) is 22.2 Å². The van der Waals surface area contributed by atoms with E-state index in [4.69, 9.17) is 4.74 Å². The number of nitrogens with zero attached hydrogens (tertiary/aromatic N) is 4. The summed E-state index contributed by atoms with van der Waals surface area (Å²) in [7, 11) is 1.90. The van der Waals surface area contributed by atoms with Crippen molar-refractivity contribution >= 4 is 38.4 Å². The van der Waals surface area contributed by atoms with E-state index in [2.05, 4.69) is 34.3 Å². The van der Waals surface area contributed by atoms with Crippen LogP contribution in [-0.2, 0) is 11.8 Å². The first kappa shape index (κ1) is 18.3. The van der Waals surface area contributed by atoms with Gasteiger partial charge >= 0.3 is 0 Å². The van der Waals surface area contributed by atoms with Crippen LogP contribution in [-0.4, -0.2) is 51.4 Å². The number of amides is 1. The second-order valence-corrected chi connectivity index (χ2v) is 8.68. The molecule has 0 aliphatic carbocycles. The van der Waals surface area contributed by atoms with E-state index in [-0.39, 0.29) is 11.9 Å². The molecule has 4 heterocycles. The summed E-state index contributed by atoms with van der Waals surface area (Å²) in [5, 5.41) is 6.49. The Labute approximate surface area is 172 Å². The van der Waals surface area contributed by atoms with E-state index >= 15 is 0 Å². The number of benzene rings is 1. The minimum atomic E-state index is 0.105. The van der Waals surface area contributed by atoms with Crippen molar-refractivity contribution in [1.82, 2.24) is 19.7 Å². The monoisotopic (exact) mass is 406 g/mol. The summed E-state index contributed by atoms with van der Waals surface area (Å²) in [5.74, 6) is 0.111. The van der Waals surface area contributed by atoms with Gasteiger partial charge in [0.05, 0.1) is 24.1 Å². The number of hydrogen-bond acceptors (Lipinski definition) is 5. The maximum atomic E-state index is 13.2. The Morgan fingerprint density at radius 2 is 2.14 bits per heavy atom. The maximum Gasteiger partial charge on any atom is 0.264 e. The maximum absolute atomic E-state index is 13.2. The van der Waals surface area contributed by atoms with Crippen molar-refractivity contribution in [3.8, 4) is 11.1 Å². The summed E-state index contributed by atoms with van der Waals surface area (Å²) in [5.41, 5.74) is 3.95. The van der Waals surface area contributed by atoms with Crippen LogP contribution >= 0.6 is 11.3 Å². The van der Waals surface area contributed by atoms with Crippen molar-refractivity contribution in [2.75, 3.05) is 19.8 Å². The lowest BCUT2D eigenvalue weighted by atomic mass is 10.0. The molecule has 1 aliphatic rings. The number of rotatable bonds is 2. The standard InChI is InChI=1S/C22H22N4O2S/c1-13-12-28-7-6-26(13)22(27)20-14(2)18-5-4-15(9-19(18)29-20)16-8-17-11-25(3)24-21(17)23-10-16/h4-5,8-11,13H,6-7,12H2,1-3H3. The van der Waals surface area contributed by atoms with Crippen LogP contribution in [0.3, 0.4) is 0 Å². The van der Waals surface area contributed by atoms with Crippen molar-refractivity contribution in [2.24, 2.45) is 7.05 Å². The highest BCUT2D eigenvalue weighted by Gasteiger charge is 2.27. The van der Waals surface area contributed by atoms with Crippen molar-refractivity contribution < 1.29 is 9.53 Å². The van der Waals surface area contributed by atoms with Gasteiger partial charge in [-0.3, -0.25) is 9.48 Å². The van der Waals surface area contributed by atoms with Crippen molar-refractivity contribution in [2.45, 2.75) is 19.9 Å². The van der Waals surface area contributed by atoms with Gasteiger partial charge in [0, 0.05) is 41.6 Å². The summed E-state index contributed by atoms with van der Waals surface area (Å²) in [6.07, 6.45) is 3.83. The molecule has 0 spiro atoms. The average Bonchev–Trinajstić information content (AvgIpc) is 3.25. The Hall–Kier alpha value is -2.77. The predicted molar refractivity (Wildman–Crippen MR) is 115 cm³/mol. The van der Waals surface area contributed by atoms with Gasteiger partial charge in [-0.25, -0.2) is 4.98 Å². The molecule has 1 aromatic carbocycles. The number of aromatic nitrogens is 3. The lowest BCUT2D eigenvalue weighted by Gasteiger charge is -2.33. The minimum absolute atomic E-state index is 0.105. The lowest BCUT2D eigenvalue weighted by molar-refractivity contribution is 0.00384. The lowest BCUT2D eigenvalue weighted by Crippen LogP contribution is -2.47. The first-order valence-electron chi connectivity index (χ1n) is 9.73. The molecule has 148 valence electrons. The summed E-state index contributed by atoms with van der Waals surface area (Å²) in [4.78, 5) is 20.4. The molecular weight excluding hydrogens is 384 g/mol. The molecule has 1 amide bonds. The number of carbonyl (C=O) groups is 1. The zero-order valence-electron chi connectivity index (χ0n) is 16.7. The van der Waals surface area contributed by atoms with E-state index in [9.17, 15) is 4.79 Å². The Kier molecular flexibility index (Phi) is 4.37. The summed E-state index contributed by atoms with van der Waals surface area (Å²) >= 11 is 1.58. The van der Waals surface area contributed by atoms with Gasteiger partial charge in [-0.05, 0) is 42.5 Å². The molecule has 3 aromatic heterocycles. The molecule has 29 heavy (non-hydrogen) atoms. The number of fused-ring (bicyclic) bond motifs is 2. The first-order valence-corrected chi connectivity index (χ1v) is 10.5. The second kappa shape index (κ2) is 6.93. The summed E-state index contributed by atoms with van der Waals surface area (Å²) in [6.45, 7) is 5.94. The van der Waals surface area contributed by atoms with Crippen molar-refractivity contribution in [3.63, 3.8) is 0 Å². The van der Waals surface area contributed by atoms with E-state index < -0.39 is 0 Å². The summed E-state index contributed by atoms with van der Waals surface area (Å²) in [6, 6.07) is 8.59. The fourth-order valence-corrected chi connectivity index (χ4v) is 5.16. The normalized spacial score (nSPS) is 17.3. The first-order chi connectivity index (χ1) is 14.0. The number of carbonyl (C=O) groups excluding carboxylic acids is 1. The van der Waals surface area contributed by atoms with Crippen LogP contribution in [0, 0.1) is 6.92 Å². The van der Waals surface area contributed by atoms with E-state index in [0.717, 1.165) is 42.7 Å². The molecule has 1 aliphatic heterocycles. The topological polar surface area (TPSA) is 60.3 Å². The Bertz CT molecular complexity index is 1240. The highest BCUT2D eigenvalue weighted by atomic mass is 32.1. The fraction of sp³-hybridized carbons (Fsp3) is 0.318. The molecule has 5 rings (SSSR count). The highest BCUT2D eigenvalue weighted by molar-refractivity contribution is 7.21. The van der Waals surface area contributed by atoms with E-state index in [1.54, 1.807) is 16.0 Å². The zero-order valence-corrected chi connectivity index (χ0v) is 17.5. The smallest absolute Gasteiger partial charge is 0.264 e. The molecule has 4 aromatic rings. The second-order valence-electron chi connectivity index (χ2n) is 7.63. The number of pyridine rings is 1. The fourth-order valence-electron chi connectivity index (χ4n) is 3.96. The van der Waals surface area contributed by atoms with Gasteiger partial charge in [0.1, 0.15) is 0 Å². The third-order valence-corrected chi connectivity index (χ3v) is 6.81. The minimum Gasteiger partial charge on any atom is -0.377 e. The van der Waals surface area contributed by atoms with Crippen LogP contribution in [0.4, 0.5) is 0 Å². The number of morpholine rings is 1. The quantitative estimate of drug-likeness (QED) is 0.504. The molecule has 1 fully saturated rings.